The van der Waals surface area contributed by atoms with Crippen LogP contribution in [0.2, 0.25) is 0 Å². The van der Waals surface area contributed by atoms with Crippen LogP contribution < -0.4 is 14.2 Å². The van der Waals surface area contributed by atoms with Crippen molar-refractivity contribution in [3.05, 3.63) is 30.4 Å². The van der Waals surface area contributed by atoms with Gasteiger partial charge in [-0.3, -0.25) is 4.90 Å². The van der Waals surface area contributed by atoms with Gasteiger partial charge in [-0.1, -0.05) is 18.6 Å². The first kappa shape index (κ1) is 15.2. The normalized spacial score (nSPS) is 18.0. The maximum absolute atomic E-state index is 6.10. The van der Waals surface area contributed by atoms with Gasteiger partial charge in [-0.15, -0.1) is 6.58 Å². The Labute approximate surface area is 132 Å². The van der Waals surface area contributed by atoms with Gasteiger partial charge in [0, 0.05) is 12.1 Å². The zero-order valence-corrected chi connectivity index (χ0v) is 13.2. The van der Waals surface area contributed by atoms with Crippen molar-refractivity contribution in [2.24, 2.45) is 0 Å². The van der Waals surface area contributed by atoms with E-state index in [1.54, 1.807) is 0 Å². The Bertz CT molecular complexity index is 509. The van der Waals surface area contributed by atoms with E-state index in [2.05, 4.69) is 11.5 Å². The van der Waals surface area contributed by atoms with E-state index in [0.717, 1.165) is 35.8 Å². The van der Waals surface area contributed by atoms with Gasteiger partial charge in [-0.2, -0.15) is 0 Å². The highest BCUT2D eigenvalue weighted by Gasteiger charge is 2.20. The summed E-state index contributed by atoms with van der Waals surface area (Å²) in [4.78, 5) is 2.48. The van der Waals surface area contributed by atoms with Crippen LogP contribution in [-0.4, -0.2) is 44.4 Å². The van der Waals surface area contributed by atoms with Crippen molar-refractivity contribution in [3.63, 3.8) is 0 Å². The maximum Gasteiger partial charge on any atom is 0.204 e. The Hall–Kier alpha value is -1.68. The molecular weight excluding hydrogens is 278 g/mol. The first-order valence-electron chi connectivity index (χ1n) is 8.26. The smallest absolute Gasteiger partial charge is 0.204 e. The molecule has 4 nitrogen and oxygen atoms in total. The van der Waals surface area contributed by atoms with E-state index in [1.165, 1.54) is 32.4 Å². The first-order chi connectivity index (χ1) is 10.9. The lowest BCUT2D eigenvalue weighted by Gasteiger charge is -2.27. The van der Waals surface area contributed by atoms with Crippen LogP contribution in [0.25, 0.3) is 0 Å². The molecule has 0 unspecified atom stereocenters. The summed E-state index contributed by atoms with van der Waals surface area (Å²) >= 11 is 0. The van der Waals surface area contributed by atoms with E-state index < -0.39 is 0 Å². The monoisotopic (exact) mass is 303 g/mol. The molecule has 2 aliphatic rings. The van der Waals surface area contributed by atoms with Gasteiger partial charge < -0.3 is 14.2 Å². The molecule has 1 saturated heterocycles. The fourth-order valence-electron chi connectivity index (χ4n) is 3.07. The van der Waals surface area contributed by atoms with Crippen molar-refractivity contribution in [1.29, 1.82) is 0 Å². The molecule has 0 aliphatic carbocycles. The molecular formula is C18H25NO3. The van der Waals surface area contributed by atoms with Crippen LogP contribution in [0, 0.1) is 0 Å². The van der Waals surface area contributed by atoms with Gasteiger partial charge in [0.05, 0.1) is 0 Å². The standard InChI is InChI=1S/C18H25NO3/c1-2-6-15-7-8-16-18(22-14-13-20-16)17(15)21-12-11-19-9-4-3-5-10-19/h2,7-8H,1,3-6,9-14H2. The van der Waals surface area contributed by atoms with Crippen molar-refractivity contribution >= 4 is 0 Å². The summed E-state index contributed by atoms with van der Waals surface area (Å²) in [6.07, 6.45) is 6.63. The predicted octanol–water partition coefficient (Wildman–Crippen LogP) is 3.05. The fraction of sp³-hybridized carbons (Fsp3) is 0.556. The maximum atomic E-state index is 6.10. The van der Waals surface area contributed by atoms with Crippen molar-refractivity contribution in [1.82, 2.24) is 4.90 Å². The van der Waals surface area contributed by atoms with E-state index in [0.29, 0.717) is 19.8 Å². The minimum Gasteiger partial charge on any atom is -0.488 e. The number of hydrogen-bond acceptors (Lipinski definition) is 4. The number of likely N-dealkylation sites (tertiary alicyclic amines) is 1. The van der Waals surface area contributed by atoms with Gasteiger partial charge in [-0.05, 0) is 38.4 Å². The number of fused-ring (bicyclic) bond motifs is 1. The molecule has 1 aromatic carbocycles. The molecule has 0 radical (unpaired) electrons. The fourth-order valence-corrected chi connectivity index (χ4v) is 3.07. The average Bonchev–Trinajstić information content (AvgIpc) is 2.57. The molecule has 0 amide bonds. The zero-order valence-electron chi connectivity index (χ0n) is 13.2. The van der Waals surface area contributed by atoms with Crippen molar-refractivity contribution in [2.45, 2.75) is 25.7 Å². The minimum absolute atomic E-state index is 0.576. The molecule has 0 spiro atoms. The lowest BCUT2D eigenvalue weighted by atomic mass is 10.1. The lowest BCUT2D eigenvalue weighted by molar-refractivity contribution is 0.152. The van der Waals surface area contributed by atoms with E-state index in [9.17, 15) is 0 Å². The third-order valence-corrected chi connectivity index (χ3v) is 4.21. The molecule has 1 aromatic rings. The Balaban J connectivity index is 1.68. The predicted molar refractivity (Wildman–Crippen MR) is 87.1 cm³/mol. The van der Waals surface area contributed by atoms with E-state index >= 15 is 0 Å². The Kier molecular flexibility index (Phi) is 5.22. The summed E-state index contributed by atoms with van der Waals surface area (Å²) in [5, 5.41) is 0. The van der Waals surface area contributed by atoms with Crippen molar-refractivity contribution in [3.8, 4) is 17.2 Å². The average molecular weight is 303 g/mol. The molecule has 1 fully saturated rings. The van der Waals surface area contributed by atoms with Crippen LogP contribution in [0.4, 0.5) is 0 Å². The summed E-state index contributed by atoms with van der Waals surface area (Å²) in [5.74, 6) is 2.37. The van der Waals surface area contributed by atoms with Crippen molar-refractivity contribution < 1.29 is 14.2 Å². The molecule has 0 saturated carbocycles. The molecule has 3 rings (SSSR count). The number of ether oxygens (including phenoxy) is 3. The Morgan fingerprint density at radius 2 is 1.95 bits per heavy atom. The van der Waals surface area contributed by atoms with Crippen LogP contribution in [0.1, 0.15) is 24.8 Å². The number of benzene rings is 1. The summed E-state index contributed by atoms with van der Waals surface area (Å²) in [6.45, 7) is 9.04. The third kappa shape index (κ3) is 3.55. The topological polar surface area (TPSA) is 30.9 Å². The van der Waals surface area contributed by atoms with Gasteiger partial charge in [0.15, 0.2) is 11.5 Å². The summed E-state index contributed by atoms with van der Waals surface area (Å²) < 4.78 is 17.5. The van der Waals surface area contributed by atoms with Gasteiger partial charge in [-0.25, -0.2) is 0 Å². The van der Waals surface area contributed by atoms with Crippen LogP contribution in [0.15, 0.2) is 24.8 Å². The number of rotatable bonds is 6. The number of hydrogen-bond donors (Lipinski definition) is 0. The third-order valence-electron chi connectivity index (χ3n) is 4.21. The molecule has 0 atom stereocenters. The lowest BCUT2D eigenvalue weighted by Crippen LogP contribution is -2.33. The summed E-state index contributed by atoms with van der Waals surface area (Å²) in [5.41, 5.74) is 1.11. The zero-order chi connectivity index (χ0) is 15.2. The largest absolute Gasteiger partial charge is 0.488 e. The second-order valence-electron chi connectivity index (χ2n) is 5.82. The van der Waals surface area contributed by atoms with Gasteiger partial charge in [0.2, 0.25) is 5.75 Å². The molecule has 22 heavy (non-hydrogen) atoms. The van der Waals surface area contributed by atoms with Gasteiger partial charge >= 0.3 is 0 Å². The van der Waals surface area contributed by atoms with Crippen LogP contribution in [-0.2, 0) is 6.42 Å². The quantitative estimate of drug-likeness (QED) is 0.756. The first-order valence-corrected chi connectivity index (χ1v) is 8.26. The molecule has 2 heterocycles. The molecule has 2 aliphatic heterocycles. The SMILES string of the molecule is C=CCc1ccc2c(c1OCCN1CCCCC1)OCCO2. The second-order valence-corrected chi connectivity index (χ2v) is 5.82. The molecule has 0 aromatic heterocycles. The highest BCUT2D eigenvalue weighted by atomic mass is 16.6. The summed E-state index contributed by atoms with van der Waals surface area (Å²) in [6, 6.07) is 4.01. The van der Waals surface area contributed by atoms with Gasteiger partial charge in [0.1, 0.15) is 19.8 Å². The van der Waals surface area contributed by atoms with Crippen LogP contribution in [0.3, 0.4) is 0 Å². The molecule has 4 heteroatoms. The number of piperidine rings is 1. The van der Waals surface area contributed by atoms with E-state index in [1.807, 2.05) is 18.2 Å². The summed E-state index contributed by atoms with van der Waals surface area (Å²) in [7, 11) is 0. The molecule has 120 valence electrons. The molecule has 0 bridgehead atoms. The molecule has 0 N–H and O–H groups in total. The van der Waals surface area contributed by atoms with E-state index in [-0.39, 0.29) is 0 Å². The van der Waals surface area contributed by atoms with Crippen molar-refractivity contribution in [2.75, 3.05) is 39.5 Å². The van der Waals surface area contributed by atoms with E-state index in [4.69, 9.17) is 14.2 Å². The Morgan fingerprint density at radius 1 is 1.14 bits per heavy atom. The number of allylic oxidation sites excluding steroid dienone is 1. The van der Waals surface area contributed by atoms with Crippen LogP contribution in [0.5, 0.6) is 17.2 Å². The highest BCUT2D eigenvalue weighted by molar-refractivity contribution is 5.56. The van der Waals surface area contributed by atoms with Gasteiger partial charge in [0.25, 0.3) is 0 Å². The number of nitrogens with zero attached hydrogens (tertiary/aromatic N) is 1. The second kappa shape index (κ2) is 7.54. The minimum atomic E-state index is 0.576. The van der Waals surface area contributed by atoms with Crippen LogP contribution >= 0.6 is 0 Å². The highest BCUT2D eigenvalue weighted by Crippen LogP contribution is 2.42. The Morgan fingerprint density at radius 3 is 2.77 bits per heavy atom.